The minimum Gasteiger partial charge on any atom is -0.493 e. The van der Waals surface area contributed by atoms with Crippen LogP contribution in [0.2, 0.25) is 0 Å². The van der Waals surface area contributed by atoms with Crippen LogP contribution in [-0.4, -0.2) is 23.8 Å². The lowest BCUT2D eigenvalue weighted by atomic mass is 10.1. The Kier molecular flexibility index (Phi) is 4.34. The molecule has 0 N–H and O–H groups in total. The second-order valence-electron chi connectivity index (χ2n) is 5.14. The normalized spacial score (nSPS) is 10.9. The summed E-state index contributed by atoms with van der Waals surface area (Å²) < 4.78 is 12.3. The second kappa shape index (κ2) is 6.42. The molecule has 120 valence electrons. The van der Waals surface area contributed by atoms with Crippen LogP contribution in [0.1, 0.15) is 13.3 Å². The minimum absolute atomic E-state index is 0.00267. The highest BCUT2D eigenvalue weighted by Crippen LogP contribution is 2.36. The quantitative estimate of drug-likeness (QED) is 0.718. The standard InChI is InChI=1S/C17H18N2O3S/c1-4-7-19-10-18-16-15(17(19)20)12(9-23-16)11-5-6-13(21-2)14(8-11)22-3/h5-6,8-10H,4,7H2,1-3H3. The van der Waals surface area contributed by atoms with Crippen molar-refractivity contribution in [3.8, 4) is 22.6 Å². The van der Waals surface area contributed by atoms with Crippen LogP contribution in [0.25, 0.3) is 21.3 Å². The van der Waals surface area contributed by atoms with Crippen LogP contribution in [0, 0.1) is 0 Å². The van der Waals surface area contributed by atoms with Gasteiger partial charge in [0.05, 0.1) is 25.9 Å². The summed E-state index contributed by atoms with van der Waals surface area (Å²) in [6.45, 7) is 2.71. The number of benzene rings is 1. The molecule has 0 saturated heterocycles. The van der Waals surface area contributed by atoms with Gasteiger partial charge >= 0.3 is 0 Å². The third kappa shape index (κ3) is 2.70. The third-order valence-electron chi connectivity index (χ3n) is 3.72. The highest BCUT2D eigenvalue weighted by Gasteiger charge is 2.15. The largest absolute Gasteiger partial charge is 0.493 e. The number of hydrogen-bond donors (Lipinski definition) is 0. The first-order chi connectivity index (χ1) is 11.2. The summed E-state index contributed by atoms with van der Waals surface area (Å²) in [5.74, 6) is 1.31. The van der Waals surface area contributed by atoms with Crippen LogP contribution in [0.15, 0.2) is 34.7 Å². The number of ether oxygens (including phenoxy) is 2. The summed E-state index contributed by atoms with van der Waals surface area (Å²) in [5.41, 5.74) is 1.80. The Bertz CT molecular complexity index is 898. The van der Waals surface area contributed by atoms with Crippen molar-refractivity contribution in [1.82, 2.24) is 9.55 Å². The van der Waals surface area contributed by atoms with E-state index in [-0.39, 0.29) is 5.56 Å². The van der Waals surface area contributed by atoms with E-state index in [1.165, 1.54) is 11.3 Å². The van der Waals surface area contributed by atoms with Crippen molar-refractivity contribution >= 4 is 21.6 Å². The highest BCUT2D eigenvalue weighted by atomic mass is 32.1. The van der Waals surface area contributed by atoms with Crippen molar-refractivity contribution in [3.05, 3.63) is 40.3 Å². The Morgan fingerprint density at radius 3 is 2.70 bits per heavy atom. The van der Waals surface area contributed by atoms with E-state index in [0.717, 1.165) is 22.4 Å². The van der Waals surface area contributed by atoms with Gasteiger partial charge in [-0.1, -0.05) is 13.0 Å². The van der Waals surface area contributed by atoms with E-state index in [0.29, 0.717) is 23.4 Å². The molecule has 2 aromatic heterocycles. The van der Waals surface area contributed by atoms with Gasteiger partial charge in [-0.3, -0.25) is 9.36 Å². The predicted octanol–water partition coefficient (Wildman–Crippen LogP) is 3.55. The molecule has 1 aromatic carbocycles. The number of rotatable bonds is 5. The van der Waals surface area contributed by atoms with Gasteiger partial charge in [0.2, 0.25) is 0 Å². The zero-order chi connectivity index (χ0) is 16.4. The van der Waals surface area contributed by atoms with Crippen molar-refractivity contribution in [2.24, 2.45) is 0 Å². The molecule has 3 rings (SSSR count). The third-order valence-corrected chi connectivity index (χ3v) is 4.61. The van der Waals surface area contributed by atoms with Crippen molar-refractivity contribution in [2.45, 2.75) is 19.9 Å². The molecule has 0 radical (unpaired) electrons. The fraction of sp³-hybridized carbons (Fsp3) is 0.294. The fourth-order valence-electron chi connectivity index (χ4n) is 2.58. The Labute approximate surface area is 138 Å². The number of aromatic nitrogens is 2. The second-order valence-corrected chi connectivity index (χ2v) is 6.00. The Morgan fingerprint density at radius 1 is 1.22 bits per heavy atom. The van der Waals surface area contributed by atoms with Crippen LogP contribution < -0.4 is 15.0 Å². The number of nitrogens with zero attached hydrogens (tertiary/aromatic N) is 2. The van der Waals surface area contributed by atoms with Gasteiger partial charge in [0.1, 0.15) is 4.83 Å². The average Bonchev–Trinajstić information content (AvgIpc) is 3.01. The van der Waals surface area contributed by atoms with Crippen molar-refractivity contribution in [3.63, 3.8) is 0 Å². The molecule has 6 heteroatoms. The molecular weight excluding hydrogens is 312 g/mol. The first kappa shape index (κ1) is 15.6. The van der Waals surface area contributed by atoms with Gasteiger partial charge in [0, 0.05) is 17.5 Å². The molecular formula is C17H18N2O3S. The highest BCUT2D eigenvalue weighted by molar-refractivity contribution is 7.17. The van der Waals surface area contributed by atoms with Gasteiger partial charge in [0.15, 0.2) is 11.5 Å². The lowest BCUT2D eigenvalue weighted by molar-refractivity contribution is 0.355. The van der Waals surface area contributed by atoms with Crippen molar-refractivity contribution < 1.29 is 9.47 Å². The van der Waals surface area contributed by atoms with E-state index in [4.69, 9.17) is 9.47 Å². The maximum absolute atomic E-state index is 12.7. The molecule has 0 aliphatic heterocycles. The van der Waals surface area contributed by atoms with Crippen LogP contribution in [0.3, 0.4) is 0 Å². The number of hydrogen-bond acceptors (Lipinski definition) is 5. The number of thiophene rings is 1. The molecule has 0 bridgehead atoms. The zero-order valence-corrected chi connectivity index (χ0v) is 14.1. The summed E-state index contributed by atoms with van der Waals surface area (Å²) in [7, 11) is 3.20. The topological polar surface area (TPSA) is 53.4 Å². The predicted molar refractivity (Wildman–Crippen MR) is 92.7 cm³/mol. The average molecular weight is 330 g/mol. The molecule has 3 aromatic rings. The van der Waals surface area contributed by atoms with Crippen LogP contribution in [0.4, 0.5) is 0 Å². The molecule has 0 saturated carbocycles. The van der Waals surface area contributed by atoms with Crippen molar-refractivity contribution in [1.29, 1.82) is 0 Å². The number of aryl methyl sites for hydroxylation is 1. The maximum Gasteiger partial charge on any atom is 0.262 e. The summed E-state index contributed by atoms with van der Waals surface area (Å²) in [5, 5.41) is 2.63. The van der Waals surface area contributed by atoms with Gasteiger partial charge in [-0.05, 0) is 24.1 Å². The molecule has 0 amide bonds. The molecule has 0 spiro atoms. The molecule has 5 nitrogen and oxygen atoms in total. The minimum atomic E-state index is 0.00267. The molecule has 0 aliphatic rings. The lowest BCUT2D eigenvalue weighted by Crippen LogP contribution is -2.20. The molecule has 0 fully saturated rings. The van der Waals surface area contributed by atoms with E-state index in [1.54, 1.807) is 25.1 Å². The van der Waals surface area contributed by atoms with Gasteiger partial charge in [-0.15, -0.1) is 11.3 Å². The maximum atomic E-state index is 12.7. The SMILES string of the molecule is CCCn1cnc2scc(-c3ccc(OC)c(OC)c3)c2c1=O. The monoisotopic (exact) mass is 330 g/mol. The van der Waals surface area contributed by atoms with E-state index >= 15 is 0 Å². The molecule has 0 unspecified atom stereocenters. The molecule has 0 atom stereocenters. The van der Waals surface area contributed by atoms with Gasteiger partial charge in [0.25, 0.3) is 5.56 Å². The summed E-state index contributed by atoms with van der Waals surface area (Å²) >= 11 is 1.48. The van der Waals surface area contributed by atoms with Crippen LogP contribution in [0.5, 0.6) is 11.5 Å². The smallest absolute Gasteiger partial charge is 0.262 e. The van der Waals surface area contributed by atoms with Crippen LogP contribution >= 0.6 is 11.3 Å². The molecule has 2 heterocycles. The summed E-state index contributed by atoms with van der Waals surface area (Å²) in [6, 6.07) is 5.66. The number of fused-ring (bicyclic) bond motifs is 1. The molecule has 23 heavy (non-hydrogen) atoms. The zero-order valence-electron chi connectivity index (χ0n) is 13.3. The number of methoxy groups -OCH3 is 2. The van der Waals surface area contributed by atoms with E-state index in [9.17, 15) is 4.79 Å². The van der Waals surface area contributed by atoms with E-state index in [2.05, 4.69) is 4.98 Å². The summed E-state index contributed by atoms with van der Waals surface area (Å²) in [6.07, 6.45) is 2.52. The first-order valence-electron chi connectivity index (χ1n) is 7.38. The van der Waals surface area contributed by atoms with Gasteiger partial charge in [-0.2, -0.15) is 0 Å². The fourth-order valence-corrected chi connectivity index (χ4v) is 3.49. The first-order valence-corrected chi connectivity index (χ1v) is 8.26. The molecule has 0 aliphatic carbocycles. The summed E-state index contributed by atoms with van der Waals surface area (Å²) in [4.78, 5) is 17.9. The van der Waals surface area contributed by atoms with Gasteiger partial charge < -0.3 is 9.47 Å². The van der Waals surface area contributed by atoms with Crippen molar-refractivity contribution in [2.75, 3.05) is 14.2 Å². The van der Waals surface area contributed by atoms with E-state index < -0.39 is 0 Å². The Morgan fingerprint density at radius 2 is 2.00 bits per heavy atom. The van der Waals surface area contributed by atoms with E-state index in [1.807, 2.05) is 30.5 Å². The van der Waals surface area contributed by atoms with Crippen LogP contribution in [-0.2, 0) is 6.54 Å². The Hall–Kier alpha value is -2.34. The Balaban J connectivity index is 2.20. The van der Waals surface area contributed by atoms with Gasteiger partial charge in [-0.25, -0.2) is 4.98 Å². The lowest BCUT2D eigenvalue weighted by Gasteiger charge is -2.09.